The van der Waals surface area contributed by atoms with Crippen molar-refractivity contribution in [2.75, 3.05) is 13.2 Å². The van der Waals surface area contributed by atoms with E-state index in [1.807, 2.05) is 67.8 Å². The first kappa shape index (κ1) is 20.5. The molecule has 3 rings (SSSR count). The van der Waals surface area contributed by atoms with Gasteiger partial charge in [-0.2, -0.15) is 0 Å². The standard InChI is InChI=1S/C23H25NO5/c1-16-7-4-5-9-22(16)28-12-10-23(26)29-15-21(25)20-13-17(2)24(18(20)3)14-19-8-6-11-27-19/h4-9,11,13H,10,12,14-15H2,1-3H3. The Kier molecular flexibility index (Phi) is 6.54. The van der Waals surface area contributed by atoms with E-state index in [-0.39, 0.29) is 25.4 Å². The monoisotopic (exact) mass is 395 g/mol. The smallest absolute Gasteiger partial charge is 0.309 e. The number of hydrogen-bond donors (Lipinski definition) is 0. The van der Waals surface area contributed by atoms with Gasteiger partial charge in [0, 0.05) is 17.0 Å². The molecule has 0 saturated carbocycles. The fourth-order valence-electron chi connectivity index (χ4n) is 3.14. The summed E-state index contributed by atoms with van der Waals surface area (Å²) >= 11 is 0. The zero-order valence-electron chi connectivity index (χ0n) is 16.9. The number of nitrogens with zero attached hydrogens (tertiary/aromatic N) is 1. The van der Waals surface area contributed by atoms with Gasteiger partial charge in [-0.15, -0.1) is 0 Å². The van der Waals surface area contributed by atoms with E-state index >= 15 is 0 Å². The molecular formula is C23H25NO5. The van der Waals surface area contributed by atoms with Gasteiger partial charge in [0.15, 0.2) is 6.61 Å². The van der Waals surface area contributed by atoms with E-state index in [2.05, 4.69) is 0 Å². The number of benzene rings is 1. The van der Waals surface area contributed by atoms with Crippen LogP contribution in [0.1, 0.15) is 39.5 Å². The minimum Gasteiger partial charge on any atom is -0.493 e. The maximum absolute atomic E-state index is 12.5. The van der Waals surface area contributed by atoms with E-state index < -0.39 is 5.97 Å². The number of ketones is 1. The van der Waals surface area contributed by atoms with Gasteiger partial charge in [-0.1, -0.05) is 18.2 Å². The summed E-state index contributed by atoms with van der Waals surface area (Å²) < 4.78 is 18.1. The van der Waals surface area contributed by atoms with Gasteiger partial charge in [0.1, 0.15) is 11.5 Å². The van der Waals surface area contributed by atoms with Gasteiger partial charge in [0.2, 0.25) is 5.78 Å². The quantitative estimate of drug-likeness (QED) is 0.400. The zero-order chi connectivity index (χ0) is 20.8. The van der Waals surface area contributed by atoms with Gasteiger partial charge in [0.05, 0.1) is 25.8 Å². The van der Waals surface area contributed by atoms with E-state index in [1.54, 1.807) is 6.26 Å². The molecule has 0 spiro atoms. The van der Waals surface area contributed by atoms with Gasteiger partial charge in [-0.25, -0.2) is 0 Å². The Morgan fingerprint density at radius 3 is 2.59 bits per heavy atom. The van der Waals surface area contributed by atoms with Crippen molar-refractivity contribution in [2.45, 2.75) is 33.7 Å². The van der Waals surface area contributed by atoms with E-state index in [9.17, 15) is 9.59 Å². The lowest BCUT2D eigenvalue weighted by molar-refractivity contribution is -0.143. The van der Waals surface area contributed by atoms with Crippen molar-refractivity contribution < 1.29 is 23.5 Å². The second-order valence-corrected chi connectivity index (χ2v) is 6.90. The number of aryl methyl sites for hydroxylation is 2. The third-order valence-electron chi connectivity index (χ3n) is 4.79. The van der Waals surface area contributed by atoms with Crippen molar-refractivity contribution in [1.29, 1.82) is 0 Å². The molecule has 2 heterocycles. The second kappa shape index (κ2) is 9.28. The number of esters is 1. The van der Waals surface area contributed by atoms with Crippen LogP contribution >= 0.6 is 0 Å². The SMILES string of the molecule is Cc1ccccc1OCCC(=O)OCC(=O)c1cc(C)n(Cc2ccco2)c1C. The summed E-state index contributed by atoms with van der Waals surface area (Å²) in [5.74, 6) is 0.861. The Labute approximate surface area is 170 Å². The molecule has 6 heteroatoms. The number of ether oxygens (including phenoxy) is 2. The molecule has 0 atom stereocenters. The predicted octanol–water partition coefficient (Wildman–Crippen LogP) is 4.25. The highest BCUT2D eigenvalue weighted by atomic mass is 16.5. The summed E-state index contributed by atoms with van der Waals surface area (Å²) in [4.78, 5) is 24.5. The maximum Gasteiger partial charge on any atom is 0.309 e. The lowest BCUT2D eigenvalue weighted by atomic mass is 10.1. The van der Waals surface area contributed by atoms with Crippen LogP contribution < -0.4 is 4.74 Å². The van der Waals surface area contributed by atoms with Crippen molar-refractivity contribution >= 4 is 11.8 Å². The molecule has 0 aliphatic heterocycles. The van der Waals surface area contributed by atoms with Crippen LogP contribution in [-0.4, -0.2) is 29.5 Å². The number of furan rings is 1. The molecule has 2 aromatic heterocycles. The molecule has 0 aliphatic carbocycles. The van der Waals surface area contributed by atoms with Crippen molar-refractivity contribution in [3.8, 4) is 5.75 Å². The van der Waals surface area contributed by atoms with Crippen molar-refractivity contribution in [2.24, 2.45) is 0 Å². The highest BCUT2D eigenvalue weighted by Gasteiger charge is 2.18. The zero-order valence-corrected chi connectivity index (χ0v) is 16.9. The number of aromatic nitrogens is 1. The molecule has 0 bridgehead atoms. The number of rotatable bonds is 9. The summed E-state index contributed by atoms with van der Waals surface area (Å²) in [6.45, 7) is 6.22. The Morgan fingerprint density at radius 2 is 1.86 bits per heavy atom. The molecule has 0 N–H and O–H groups in total. The number of para-hydroxylation sites is 1. The summed E-state index contributed by atoms with van der Waals surface area (Å²) in [5, 5.41) is 0. The van der Waals surface area contributed by atoms with Crippen molar-refractivity contribution in [3.63, 3.8) is 0 Å². The Hall–Kier alpha value is -3.28. The van der Waals surface area contributed by atoms with Crippen molar-refractivity contribution in [3.05, 3.63) is 77.0 Å². The lowest BCUT2D eigenvalue weighted by Gasteiger charge is -2.09. The average Bonchev–Trinajstić information content (AvgIpc) is 3.31. The van der Waals surface area contributed by atoms with E-state index in [1.165, 1.54) is 0 Å². The molecular weight excluding hydrogens is 370 g/mol. The van der Waals surface area contributed by atoms with Crippen LogP contribution in [0.2, 0.25) is 0 Å². The number of carbonyl (C=O) groups is 2. The molecule has 0 aliphatic rings. The molecule has 0 fully saturated rings. The first-order chi connectivity index (χ1) is 14.0. The molecule has 0 radical (unpaired) electrons. The fraction of sp³-hybridized carbons (Fsp3) is 0.304. The molecule has 0 saturated heterocycles. The van der Waals surface area contributed by atoms with Gasteiger partial charge >= 0.3 is 5.97 Å². The number of Topliss-reactive ketones (excluding diaryl/α,β-unsaturated/α-hetero) is 1. The van der Waals surface area contributed by atoms with Gasteiger partial charge < -0.3 is 18.5 Å². The van der Waals surface area contributed by atoms with Gasteiger partial charge in [-0.05, 0) is 50.6 Å². The topological polar surface area (TPSA) is 70.7 Å². The average molecular weight is 395 g/mol. The minimum atomic E-state index is -0.462. The molecule has 0 unspecified atom stereocenters. The van der Waals surface area contributed by atoms with E-state index in [0.717, 1.165) is 28.5 Å². The van der Waals surface area contributed by atoms with Crippen LogP contribution in [0.3, 0.4) is 0 Å². The molecule has 6 nitrogen and oxygen atoms in total. The molecule has 0 amide bonds. The van der Waals surface area contributed by atoms with Crippen LogP contribution in [0, 0.1) is 20.8 Å². The van der Waals surface area contributed by atoms with Crippen LogP contribution in [0.5, 0.6) is 5.75 Å². The van der Waals surface area contributed by atoms with Crippen molar-refractivity contribution in [1.82, 2.24) is 4.57 Å². The van der Waals surface area contributed by atoms with Gasteiger partial charge in [0.25, 0.3) is 0 Å². The third-order valence-corrected chi connectivity index (χ3v) is 4.79. The summed E-state index contributed by atoms with van der Waals surface area (Å²) in [6.07, 6.45) is 1.71. The summed E-state index contributed by atoms with van der Waals surface area (Å²) in [5.41, 5.74) is 3.32. The molecule has 152 valence electrons. The molecule has 3 aromatic rings. The highest BCUT2D eigenvalue weighted by molar-refractivity contribution is 5.99. The number of carbonyl (C=O) groups excluding carboxylic acids is 2. The van der Waals surface area contributed by atoms with E-state index in [0.29, 0.717) is 12.1 Å². The Balaban J connectivity index is 1.50. The maximum atomic E-state index is 12.5. The van der Waals surface area contributed by atoms with Crippen LogP contribution in [-0.2, 0) is 16.1 Å². The van der Waals surface area contributed by atoms with Crippen LogP contribution in [0.15, 0.2) is 53.1 Å². The second-order valence-electron chi connectivity index (χ2n) is 6.90. The lowest BCUT2D eigenvalue weighted by Crippen LogP contribution is -2.17. The van der Waals surface area contributed by atoms with Crippen LogP contribution in [0.25, 0.3) is 0 Å². The predicted molar refractivity (Wildman–Crippen MR) is 108 cm³/mol. The minimum absolute atomic E-state index is 0.0825. The normalized spacial score (nSPS) is 10.7. The van der Waals surface area contributed by atoms with Gasteiger partial charge in [-0.3, -0.25) is 9.59 Å². The summed E-state index contributed by atoms with van der Waals surface area (Å²) in [7, 11) is 0. The third kappa shape index (κ3) is 5.16. The highest BCUT2D eigenvalue weighted by Crippen LogP contribution is 2.19. The molecule has 1 aromatic carbocycles. The first-order valence-electron chi connectivity index (χ1n) is 9.52. The Bertz CT molecular complexity index is 985. The van der Waals surface area contributed by atoms with Crippen LogP contribution in [0.4, 0.5) is 0 Å². The Morgan fingerprint density at radius 1 is 1.07 bits per heavy atom. The fourth-order valence-corrected chi connectivity index (χ4v) is 3.14. The largest absolute Gasteiger partial charge is 0.493 e. The number of hydrogen-bond acceptors (Lipinski definition) is 5. The van der Waals surface area contributed by atoms with E-state index in [4.69, 9.17) is 13.9 Å². The molecule has 29 heavy (non-hydrogen) atoms. The summed E-state index contributed by atoms with van der Waals surface area (Å²) in [6, 6.07) is 13.1. The first-order valence-corrected chi connectivity index (χ1v) is 9.52.